The van der Waals surface area contributed by atoms with E-state index in [2.05, 4.69) is 48.7 Å². The molecule has 1 atom stereocenters. The molecule has 0 bridgehead atoms. The SMILES string of the molecule is Cc1ccccc1CC(C)NC1CCNCC1. The van der Waals surface area contributed by atoms with Gasteiger partial charge >= 0.3 is 0 Å². The monoisotopic (exact) mass is 232 g/mol. The number of nitrogens with one attached hydrogen (secondary N) is 2. The Morgan fingerprint density at radius 2 is 2.00 bits per heavy atom. The van der Waals surface area contributed by atoms with E-state index >= 15 is 0 Å². The smallest absolute Gasteiger partial charge is 0.00938 e. The lowest BCUT2D eigenvalue weighted by Gasteiger charge is -2.27. The summed E-state index contributed by atoms with van der Waals surface area (Å²) >= 11 is 0. The lowest BCUT2D eigenvalue weighted by Crippen LogP contribution is -2.44. The number of aryl methyl sites for hydroxylation is 1. The van der Waals surface area contributed by atoms with E-state index < -0.39 is 0 Å². The van der Waals surface area contributed by atoms with E-state index in [1.807, 2.05) is 0 Å². The first-order valence-electron chi connectivity index (χ1n) is 6.77. The Kier molecular flexibility index (Phi) is 4.57. The van der Waals surface area contributed by atoms with Gasteiger partial charge in [-0.1, -0.05) is 24.3 Å². The number of hydrogen-bond acceptors (Lipinski definition) is 2. The Hall–Kier alpha value is -0.860. The van der Waals surface area contributed by atoms with Gasteiger partial charge in [0.25, 0.3) is 0 Å². The van der Waals surface area contributed by atoms with Crippen LogP contribution in [0.1, 0.15) is 30.9 Å². The number of piperidine rings is 1. The lowest BCUT2D eigenvalue weighted by atomic mass is 10.00. The predicted molar refractivity (Wildman–Crippen MR) is 73.4 cm³/mol. The van der Waals surface area contributed by atoms with E-state index in [0.717, 1.165) is 19.5 Å². The zero-order valence-corrected chi connectivity index (χ0v) is 11.0. The Balaban J connectivity index is 1.84. The molecular weight excluding hydrogens is 208 g/mol. The second kappa shape index (κ2) is 6.18. The first-order valence-corrected chi connectivity index (χ1v) is 6.77. The van der Waals surface area contributed by atoms with Gasteiger partial charge in [0.05, 0.1) is 0 Å². The lowest BCUT2D eigenvalue weighted by molar-refractivity contribution is 0.354. The molecule has 94 valence electrons. The molecule has 1 heterocycles. The molecular formula is C15H24N2. The van der Waals surface area contributed by atoms with Crippen LogP contribution in [0, 0.1) is 6.92 Å². The molecule has 0 aliphatic carbocycles. The minimum Gasteiger partial charge on any atom is -0.317 e. The summed E-state index contributed by atoms with van der Waals surface area (Å²) in [6.07, 6.45) is 3.66. The number of benzene rings is 1. The maximum atomic E-state index is 3.75. The summed E-state index contributed by atoms with van der Waals surface area (Å²) < 4.78 is 0. The van der Waals surface area contributed by atoms with Crippen LogP contribution in [-0.2, 0) is 6.42 Å². The zero-order chi connectivity index (χ0) is 12.1. The number of rotatable bonds is 4. The molecule has 1 unspecified atom stereocenters. The molecule has 1 aliphatic heterocycles. The van der Waals surface area contributed by atoms with Crippen LogP contribution in [0.2, 0.25) is 0 Å². The highest BCUT2D eigenvalue weighted by atomic mass is 15.0. The van der Waals surface area contributed by atoms with Gasteiger partial charge in [-0.05, 0) is 57.3 Å². The Labute approximate surface area is 105 Å². The van der Waals surface area contributed by atoms with Gasteiger partial charge in [0.15, 0.2) is 0 Å². The summed E-state index contributed by atoms with van der Waals surface area (Å²) in [6.45, 7) is 6.82. The predicted octanol–water partition coefficient (Wildman–Crippen LogP) is 2.27. The van der Waals surface area contributed by atoms with E-state index in [9.17, 15) is 0 Å². The maximum absolute atomic E-state index is 3.75. The molecule has 0 radical (unpaired) electrons. The van der Waals surface area contributed by atoms with Gasteiger partial charge in [0.1, 0.15) is 0 Å². The molecule has 1 aromatic rings. The van der Waals surface area contributed by atoms with Gasteiger partial charge in [-0.25, -0.2) is 0 Å². The van der Waals surface area contributed by atoms with Gasteiger partial charge in [-0.15, -0.1) is 0 Å². The van der Waals surface area contributed by atoms with Crippen LogP contribution in [0.15, 0.2) is 24.3 Å². The van der Waals surface area contributed by atoms with Crippen molar-refractivity contribution >= 4 is 0 Å². The minimum atomic E-state index is 0.569. The molecule has 1 saturated heterocycles. The van der Waals surface area contributed by atoms with Crippen LogP contribution in [0.4, 0.5) is 0 Å². The summed E-state index contributed by atoms with van der Waals surface area (Å²) in [5.41, 5.74) is 2.88. The fourth-order valence-electron chi connectivity index (χ4n) is 2.62. The molecule has 2 heteroatoms. The molecule has 0 saturated carbocycles. The zero-order valence-electron chi connectivity index (χ0n) is 11.0. The van der Waals surface area contributed by atoms with Crippen molar-refractivity contribution in [2.24, 2.45) is 0 Å². The Morgan fingerprint density at radius 3 is 2.71 bits per heavy atom. The van der Waals surface area contributed by atoms with E-state index in [0.29, 0.717) is 12.1 Å². The summed E-state index contributed by atoms with van der Waals surface area (Å²) in [4.78, 5) is 0. The molecule has 1 fully saturated rings. The normalized spacial score (nSPS) is 19.2. The van der Waals surface area contributed by atoms with E-state index in [1.54, 1.807) is 0 Å². The van der Waals surface area contributed by atoms with Crippen molar-refractivity contribution in [3.05, 3.63) is 35.4 Å². The van der Waals surface area contributed by atoms with Crippen molar-refractivity contribution in [1.82, 2.24) is 10.6 Å². The van der Waals surface area contributed by atoms with Crippen LogP contribution in [0.3, 0.4) is 0 Å². The van der Waals surface area contributed by atoms with Crippen molar-refractivity contribution in [2.45, 2.75) is 45.2 Å². The first-order chi connectivity index (χ1) is 8.25. The Morgan fingerprint density at radius 1 is 1.29 bits per heavy atom. The highest BCUT2D eigenvalue weighted by molar-refractivity contribution is 5.26. The quantitative estimate of drug-likeness (QED) is 0.832. The highest BCUT2D eigenvalue weighted by Gasteiger charge is 2.15. The van der Waals surface area contributed by atoms with E-state index in [-0.39, 0.29) is 0 Å². The average molecular weight is 232 g/mol. The van der Waals surface area contributed by atoms with E-state index in [1.165, 1.54) is 24.0 Å². The fourth-order valence-corrected chi connectivity index (χ4v) is 2.62. The second-order valence-corrected chi connectivity index (χ2v) is 5.22. The third-order valence-electron chi connectivity index (χ3n) is 3.65. The molecule has 2 rings (SSSR count). The van der Waals surface area contributed by atoms with Crippen LogP contribution in [0.25, 0.3) is 0 Å². The molecule has 1 aromatic carbocycles. The third-order valence-corrected chi connectivity index (χ3v) is 3.65. The number of hydrogen-bond donors (Lipinski definition) is 2. The van der Waals surface area contributed by atoms with Crippen LogP contribution in [-0.4, -0.2) is 25.2 Å². The van der Waals surface area contributed by atoms with Crippen LogP contribution >= 0.6 is 0 Å². The van der Waals surface area contributed by atoms with E-state index in [4.69, 9.17) is 0 Å². The summed E-state index contributed by atoms with van der Waals surface area (Å²) in [5, 5.41) is 7.16. The molecule has 0 aromatic heterocycles. The summed E-state index contributed by atoms with van der Waals surface area (Å²) in [6, 6.07) is 9.97. The third kappa shape index (κ3) is 3.83. The van der Waals surface area contributed by atoms with Crippen LogP contribution in [0.5, 0.6) is 0 Å². The molecule has 1 aliphatic rings. The molecule has 2 nitrogen and oxygen atoms in total. The highest BCUT2D eigenvalue weighted by Crippen LogP contribution is 2.11. The average Bonchev–Trinajstić information content (AvgIpc) is 2.33. The van der Waals surface area contributed by atoms with Gasteiger partial charge in [0.2, 0.25) is 0 Å². The molecule has 2 N–H and O–H groups in total. The second-order valence-electron chi connectivity index (χ2n) is 5.22. The molecule has 17 heavy (non-hydrogen) atoms. The van der Waals surface area contributed by atoms with Crippen molar-refractivity contribution in [3.63, 3.8) is 0 Å². The van der Waals surface area contributed by atoms with Crippen molar-refractivity contribution in [1.29, 1.82) is 0 Å². The fraction of sp³-hybridized carbons (Fsp3) is 0.600. The topological polar surface area (TPSA) is 24.1 Å². The molecule has 0 spiro atoms. The van der Waals surface area contributed by atoms with Crippen molar-refractivity contribution < 1.29 is 0 Å². The molecule has 0 amide bonds. The van der Waals surface area contributed by atoms with Gasteiger partial charge < -0.3 is 10.6 Å². The Bertz CT molecular complexity index is 343. The van der Waals surface area contributed by atoms with Crippen molar-refractivity contribution in [3.8, 4) is 0 Å². The minimum absolute atomic E-state index is 0.569. The first kappa shape index (κ1) is 12.6. The maximum Gasteiger partial charge on any atom is 0.00938 e. The van der Waals surface area contributed by atoms with Crippen LogP contribution < -0.4 is 10.6 Å². The van der Waals surface area contributed by atoms with Gasteiger partial charge in [-0.3, -0.25) is 0 Å². The standard InChI is InChI=1S/C15H24N2/c1-12-5-3-4-6-14(12)11-13(2)17-15-7-9-16-10-8-15/h3-6,13,15-17H,7-11H2,1-2H3. The van der Waals surface area contributed by atoms with Crippen molar-refractivity contribution in [2.75, 3.05) is 13.1 Å². The van der Waals surface area contributed by atoms with Gasteiger partial charge in [0, 0.05) is 12.1 Å². The largest absolute Gasteiger partial charge is 0.317 e. The summed E-state index contributed by atoms with van der Waals surface area (Å²) in [5.74, 6) is 0. The van der Waals surface area contributed by atoms with Gasteiger partial charge in [-0.2, -0.15) is 0 Å². The summed E-state index contributed by atoms with van der Waals surface area (Å²) in [7, 11) is 0.